The van der Waals surface area contributed by atoms with Gasteiger partial charge in [0.2, 0.25) is 6.43 Å². The molecule has 6 nitrogen and oxygen atoms in total. The molecule has 0 aromatic carbocycles. The molecule has 0 aliphatic rings. The topological polar surface area (TPSA) is 93.1 Å². The summed E-state index contributed by atoms with van der Waals surface area (Å²) < 4.78 is 43.0. The monoisotopic (exact) mass is 314 g/mol. The number of halogens is 3. The molecule has 122 valence electrons. The summed E-state index contributed by atoms with van der Waals surface area (Å²) in [6, 6.07) is 0. The molecule has 0 aromatic rings. The molecule has 0 aromatic heterocycles. The molecule has 0 bridgehead atoms. The van der Waals surface area contributed by atoms with Gasteiger partial charge in [0.05, 0.1) is 6.67 Å². The summed E-state index contributed by atoms with van der Waals surface area (Å²) in [4.78, 5) is 19.7. The molecular weight excluding hydrogens is 297 g/mol. The number of hydrogen-bond acceptors (Lipinski definition) is 4. The zero-order chi connectivity index (χ0) is 16.8. The first kappa shape index (κ1) is 21.1. The van der Waals surface area contributed by atoms with E-state index in [-0.39, 0.29) is 6.42 Å². The van der Waals surface area contributed by atoms with Crippen molar-refractivity contribution in [1.82, 2.24) is 0 Å². The van der Waals surface area contributed by atoms with Gasteiger partial charge in [-0.25, -0.2) is 18.4 Å². The molecule has 9 heteroatoms. The normalized spacial score (nSPS) is 12.4. The quantitative estimate of drug-likeness (QED) is 0.526. The minimum Gasteiger partial charge on any atom is -0.450 e. The molecule has 2 atom stereocenters. The summed E-state index contributed by atoms with van der Waals surface area (Å²) in [6.07, 6.45) is -5.72. The van der Waals surface area contributed by atoms with E-state index in [0.29, 0.717) is 0 Å². The molecule has 0 heterocycles. The van der Waals surface area contributed by atoms with Crippen molar-refractivity contribution >= 4 is 12.3 Å². The standard InChI is InChI=1S/C6H8F2O3.C6H9FO3/c1-2-4(3-5(7)8)11-6(9)10;1-2-5(3-4-7)10-6(8)9/h2,4-5H,1,3H2,(H,9,10);2,5H,1,3-4H2,(H,8,9). The maximum Gasteiger partial charge on any atom is 0.506 e. The Morgan fingerprint density at radius 3 is 1.76 bits per heavy atom. The molecular formula is C12H17F3O6. The van der Waals surface area contributed by atoms with Crippen molar-refractivity contribution in [3.63, 3.8) is 0 Å². The van der Waals surface area contributed by atoms with Crippen LogP contribution in [0.1, 0.15) is 12.8 Å². The summed E-state index contributed by atoms with van der Waals surface area (Å²) in [6.45, 7) is 5.82. The highest BCUT2D eigenvalue weighted by atomic mass is 19.3. The van der Waals surface area contributed by atoms with Crippen LogP contribution in [-0.4, -0.2) is 47.8 Å². The first-order valence-electron chi connectivity index (χ1n) is 5.65. The molecule has 2 N–H and O–H groups in total. The minimum atomic E-state index is -2.59. The summed E-state index contributed by atoms with van der Waals surface area (Å²) in [5.41, 5.74) is 0. The number of carboxylic acid groups (broad SMARTS) is 2. The summed E-state index contributed by atoms with van der Waals surface area (Å²) in [7, 11) is 0. The van der Waals surface area contributed by atoms with Crippen LogP contribution in [0.5, 0.6) is 0 Å². The highest BCUT2D eigenvalue weighted by molar-refractivity contribution is 5.57. The van der Waals surface area contributed by atoms with Gasteiger partial charge in [0.1, 0.15) is 12.2 Å². The Kier molecular flexibility index (Phi) is 12.9. The van der Waals surface area contributed by atoms with E-state index in [1.807, 2.05) is 0 Å². The third-order valence-electron chi connectivity index (χ3n) is 1.83. The second kappa shape index (κ2) is 12.8. The third kappa shape index (κ3) is 15.8. The Balaban J connectivity index is 0. The summed E-state index contributed by atoms with van der Waals surface area (Å²) in [5, 5.41) is 16.1. The lowest BCUT2D eigenvalue weighted by Crippen LogP contribution is -2.17. The van der Waals surface area contributed by atoms with Gasteiger partial charge in [0.25, 0.3) is 0 Å². The van der Waals surface area contributed by atoms with Gasteiger partial charge < -0.3 is 19.7 Å². The lowest BCUT2D eigenvalue weighted by molar-refractivity contribution is 0.0348. The van der Waals surface area contributed by atoms with Gasteiger partial charge in [-0.05, 0) is 0 Å². The van der Waals surface area contributed by atoms with Gasteiger partial charge in [-0.1, -0.05) is 25.3 Å². The Morgan fingerprint density at radius 2 is 1.48 bits per heavy atom. The fourth-order valence-electron chi connectivity index (χ4n) is 0.959. The maximum absolute atomic E-state index is 11.6. The van der Waals surface area contributed by atoms with E-state index < -0.39 is 44.0 Å². The largest absolute Gasteiger partial charge is 0.506 e. The highest BCUT2D eigenvalue weighted by Gasteiger charge is 2.15. The van der Waals surface area contributed by atoms with Crippen LogP contribution in [0.2, 0.25) is 0 Å². The van der Waals surface area contributed by atoms with E-state index in [9.17, 15) is 22.8 Å². The fraction of sp³-hybridized carbons (Fsp3) is 0.500. The van der Waals surface area contributed by atoms with Gasteiger partial charge in [-0.2, -0.15) is 0 Å². The molecule has 0 aliphatic carbocycles. The van der Waals surface area contributed by atoms with Gasteiger partial charge in [0, 0.05) is 12.8 Å². The van der Waals surface area contributed by atoms with E-state index in [4.69, 9.17) is 10.2 Å². The second-order valence-corrected chi connectivity index (χ2v) is 3.42. The van der Waals surface area contributed by atoms with E-state index in [1.165, 1.54) is 6.08 Å². The molecule has 0 saturated heterocycles. The van der Waals surface area contributed by atoms with Crippen molar-refractivity contribution in [3.05, 3.63) is 25.3 Å². The lowest BCUT2D eigenvalue weighted by atomic mass is 10.2. The van der Waals surface area contributed by atoms with Crippen molar-refractivity contribution in [1.29, 1.82) is 0 Å². The second-order valence-electron chi connectivity index (χ2n) is 3.42. The van der Waals surface area contributed by atoms with E-state index >= 15 is 0 Å². The molecule has 0 aliphatic heterocycles. The van der Waals surface area contributed by atoms with Gasteiger partial charge in [0.15, 0.2) is 0 Å². The molecule has 0 rings (SSSR count). The van der Waals surface area contributed by atoms with Gasteiger partial charge in [-0.3, -0.25) is 4.39 Å². The minimum absolute atomic E-state index is 0.0375. The first-order chi connectivity index (χ1) is 9.76. The number of alkyl halides is 3. The van der Waals surface area contributed by atoms with Crippen LogP contribution in [0, 0.1) is 0 Å². The van der Waals surface area contributed by atoms with Crippen molar-refractivity contribution < 1.29 is 42.4 Å². The van der Waals surface area contributed by atoms with Crippen molar-refractivity contribution in [2.75, 3.05) is 6.67 Å². The highest BCUT2D eigenvalue weighted by Crippen LogP contribution is 2.08. The predicted molar refractivity (Wildman–Crippen MR) is 67.4 cm³/mol. The first-order valence-corrected chi connectivity index (χ1v) is 5.65. The Bertz CT molecular complexity index is 335. The molecule has 21 heavy (non-hydrogen) atoms. The van der Waals surface area contributed by atoms with Crippen LogP contribution in [0.4, 0.5) is 22.8 Å². The third-order valence-corrected chi connectivity index (χ3v) is 1.83. The van der Waals surface area contributed by atoms with Crippen LogP contribution in [0.15, 0.2) is 25.3 Å². The average Bonchev–Trinajstić information content (AvgIpc) is 2.36. The molecule has 0 spiro atoms. The number of rotatable bonds is 8. The SMILES string of the molecule is C=CC(CC(F)F)OC(=O)O.C=CC(CCF)OC(=O)O. The van der Waals surface area contributed by atoms with Crippen LogP contribution in [0.25, 0.3) is 0 Å². The zero-order valence-electron chi connectivity index (χ0n) is 11.1. The summed E-state index contributed by atoms with van der Waals surface area (Å²) in [5.74, 6) is 0. The lowest BCUT2D eigenvalue weighted by Gasteiger charge is -2.09. The average molecular weight is 314 g/mol. The van der Waals surface area contributed by atoms with Crippen molar-refractivity contribution in [2.24, 2.45) is 0 Å². The van der Waals surface area contributed by atoms with Gasteiger partial charge in [-0.15, -0.1) is 0 Å². The number of hydrogen-bond donors (Lipinski definition) is 2. The molecule has 0 saturated carbocycles. The van der Waals surface area contributed by atoms with Crippen LogP contribution in [0.3, 0.4) is 0 Å². The molecule has 0 fully saturated rings. The summed E-state index contributed by atoms with van der Waals surface area (Å²) >= 11 is 0. The van der Waals surface area contributed by atoms with Gasteiger partial charge >= 0.3 is 12.3 Å². The molecule has 2 unspecified atom stereocenters. The van der Waals surface area contributed by atoms with E-state index in [1.54, 1.807) is 0 Å². The van der Waals surface area contributed by atoms with Crippen LogP contribution < -0.4 is 0 Å². The smallest absolute Gasteiger partial charge is 0.450 e. The van der Waals surface area contributed by atoms with Crippen LogP contribution in [-0.2, 0) is 9.47 Å². The number of carbonyl (C=O) groups is 2. The fourth-order valence-corrected chi connectivity index (χ4v) is 0.959. The maximum atomic E-state index is 11.6. The Labute approximate surface area is 119 Å². The van der Waals surface area contributed by atoms with Crippen LogP contribution >= 0.6 is 0 Å². The molecule has 0 radical (unpaired) electrons. The van der Waals surface area contributed by atoms with E-state index in [0.717, 1.165) is 6.08 Å². The zero-order valence-corrected chi connectivity index (χ0v) is 11.1. The van der Waals surface area contributed by atoms with Crippen molar-refractivity contribution in [3.8, 4) is 0 Å². The predicted octanol–water partition coefficient (Wildman–Crippen LogP) is 3.49. The Morgan fingerprint density at radius 1 is 1.05 bits per heavy atom. The molecule has 0 amide bonds. The van der Waals surface area contributed by atoms with E-state index in [2.05, 4.69) is 22.6 Å². The number of ether oxygens (including phenoxy) is 2. The Hall–Kier alpha value is -2.19. The van der Waals surface area contributed by atoms with Crippen molar-refractivity contribution in [2.45, 2.75) is 31.5 Å².